The summed E-state index contributed by atoms with van der Waals surface area (Å²) in [5, 5.41) is 0. The summed E-state index contributed by atoms with van der Waals surface area (Å²) in [6, 6.07) is 0. The minimum atomic E-state index is -5.66. The zero-order valence-electron chi connectivity index (χ0n) is 8.17. The highest BCUT2D eigenvalue weighted by molar-refractivity contribution is 4.81. The van der Waals surface area contributed by atoms with E-state index in [1.807, 2.05) is 0 Å². The Morgan fingerprint density at radius 1 is 0.941 bits per heavy atom. The average molecular weight is 278 g/mol. The Morgan fingerprint density at radius 2 is 1.35 bits per heavy atom. The van der Waals surface area contributed by atoms with Crippen LogP contribution in [0.15, 0.2) is 0 Å². The fourth-order valence-electron chi connectivity index (χ4n) is 0.544. The number of halogens is 9. The van der Waals surface area contributed by atoms with Crippen molar-refractivity contribution in [1.29, 1.82) is 0 Å². The lowest BCUT2D eigenvalue weighted by molar-refractivity contribution is -0.271. The van der Waals surface area contributed by atoms with Crippen LogP contribution < -0.4 is 0 Å². The number of rotatable bonds is 5. The van der Waals surface area contributed by atoms with Crippen LogP contribution in [0.1, 0.15) is 6.92 Å². The zero-order chi connectivity index (χ0) is 14.1. The number of alkyl halides is 9. The predicted molar refractivity (Wildman–Crippen MR) is 37.4 cm³/mol. The van der Waals surface area contributed by atoms with Crippen LogP contribution in [-0.2, 0) is 4.74 Å². The maximum Gasteiger partial charge on any atom is 0.425 e. The van der Waals surface area contributed by atoms with E-state index in [1.54, 1.807) is 0 Å². The molecular weight excluding hydrogens is 271 g/mol. The summed E-state index contributed by atoms with van der Waals surface area (Å²) in [6.07, 6.45) is -13.6. The van der Waals surface area contributed by atoms with Gasteiger partial charge in [0.1, 0.15) is 6.61 Å². The third kappa shape index (κ3) is 4.60. The Balaban J connectivity index is 4.40. The summed E-state index contributed by atoms with van der Waals surface area (Å²) < 4.78 is 111. The van der Waals surface area contributed by atoms with Gasteiger partial charge < -0.3 is 4.74 Å². The van der Waals surface area contributed by atoms with Crippen molar-refractivity contribution in [3.8, 4) is 0 Å². The molecular formula is C7H7F9O. The van der Waals surface area contributed by atoms with Crippen molar-refractivity contribution < 1.29 is 44.3 Å². The highest BCUT2D eigenvalue weighted by atomic mass is 19.4. The Bertz CT molecular complexity index is 243. The Labute approximate surface area is 89.5 Å². The molecule has 10 heteroatoms. The summed E-state index contributed by atoms with van der Waals surface area (Å²) >= 11 is 0. The summed E-state index contributed by atoms with van der Waals surface area (Å²) in [5.41, 5.74) is 0. The Morgan fingerprint density at radius 3 is 1.65 bits per heavy atom. The van der Waals surface area contributed by atoms with Crippen molar-refractivity contribution in [2.24, 2.45) is 0 Å². The van der Waals surface area contributed by atoms with Crippen LogP contribution in [0.2, 0.25) is 0 Å². The first kappa shape index (κ1) is 16.3. The van der Waals surface area contributed by atoms with Gasteiger partial charge in [-0.05, 0) is 0 Å². The van der Waals surface area contributed by atoms with Crippen LogP contribution in [0, 0.1) is 0 Å². The van der Waals surface area contributed by atoms with Crippen molar-refractivity contribution in [3.63, 3.8) is 0 Å². The molecule has 0 aliphatic rings. The highest BCUT2D eigenvalue weighted by Gasteiger charge is 2.54. The minimum absolute atomic E-state index is 0.236. The first-order valence-electron chi connectivity index (χ1n) is 4.01. The second kappa shape index (κ2) is 4.91. The molecule has 0 aliphatic carbocycles. The van der Waals surface area contributed by atoms with Gasteiger partial charge in [0.2, 0.25) is 6.36 Å². The highest BCUT2D eigenvalue weighted by Crippen LogP contribution is 2.35. The summed E-state index contributed by atoms with van der Waals surface area (Å²) in [7, 11) is 0. The molecule has 0 aliphatic heterocycles. The molecule has 0 fully saturated rings. The molecule has 0 aromatic heterocycles. The van der Waals surface area contributed by atoms with E-state index in [9.17, 15) is 39.5 Å². The summed E-state index contributed by atoms with van der Waals surface area (Å²) in [5.74, 6) is -9.53. The first-order valence-corrected chi connectivity index (χ1v) is 4.01. The van der Waals surface area contributed by atoms with E-state index < -0.39 is 37.2 Å². The van der Waals surface area contributed by atoms with Crippen LogP contribution in [0.25, 0.3) is 0 Å². The maximum absolute atomic E-state index is 12.4. The monoisotopic (exact) mass is 278 g/mol. The third-order valence-electron chi connectivity index (χ3n) is 1.61. The molecule has 104 valence electrons. The van der Waals surface area contributed by atoms with Crippen molar-refractivity contribution in [2.45, 2.75) is 37.5 Å². The molecule has 1 nitrogen and oxygen atoms in total. The third-order valence-corrected chi connectivity index (χ3v) is 1.61. The Hall–Kier alpha value is -0.670. The van der Waals surface area contributed by atoms with E-state index in [0.717, 1.165) is 0 Å². The first-order chi connectivity index (χ1) is 7.29. The quantitative estimate of drug-likeness (QED) is 0.699. The lowest BCUT2D eigenvalue weighted by Gasteiger charge is -2.24. The van der Waals surface area contributed by atoms with Crippen molar-refractivity contribution >= 4 is 0 Å². The van der Waals surface area contributed by atoms with Crippen LogP contribution in [0.3, 0.4) is 0 Å². The van der Waals surface area contributed by atoms with Gasteiger partial charge in [-0.25, -0.2) is 17.6 Å². The van der Waals surface area contributed by atoms with Crippen molar-refractivity contribution in [2.75, 3.05) is 6.61 Å². The van der Waals surface area contributed by atoms with Crippen molar-refractivity contribution in [1.82, 2.24) is 0 Å². The molecule has 0 saturated heterocycles. The standard InChI is InChI=1S/C7H7F9O/c1-5(10,11)6(12,13)2-17-4(9)3(8)7(14,15)16/h3-4H,2H2,1H3. The molecule has 2 unspecified atom stereocenters. The van der Waals surface area contributed by atoms with Crippen LogP contribution in [0.4, 0.5) is 39.5 Å². The van der Waals surface area contributed by atoms with Gasteiger partial charge in [-0.1, -0.05) is 0 Å². The molecule has 0 aromatic carbocycles. The van der Waals surface area contributed by atoms with E-state index in [4.69, 9.17) is 0 Å². The maximum atomic E-state index is 12.4. The number of hydrogen-bond donors (Lipinski definition) is 0. The molecule has 0 rings (SSSR count). The van der Waals surface area contributed by atoms with E-state index >= 15 is 0 Å². The smallest absolute Gasteiger partial charge is 0.339 e. The normalized spacial score (nSPS) is 18.0. The van der Waals surface area contributed by atoms with Gasteiger partial charge in [0.15, 0.2) is 0 Å². The average Bonchev–Trinajstić information content (AvgIpc) is 2.09. The molecule has 2 atom stereocenters. The summed E-state index contributed by atoms with van der Waals surface area (Å²) in [4.78, 5) is 0. The molecule has 0 radical (unpaired) electrons. The van der Waals surface area contributed by atoms with Gasteiger partial charge in [0, 0.05) is 6.92 Å². The van der Waals surface area contributed by atoms with Crippen molar-refractivity contribution in [3.05, 3.63) is 0 Å². The molecule has 17 heavy (non-hydrogen) atoms. The lowest BCUT2D eigenvalue weighted by atomic mass is 10.2. The second-order valence-electron chi connectivity index (χ2n) is 3.20. The molecule has 0 amide bonds. The number of hydrogen-bond acceptors (Lipinski definition) is 1. The largest absolute Gasteiger partial charge is 0.425 e. The predicted octanol–water partition coefficient (Wildman–Crippen LogP) is 3.49. The fourth-order valence-corrected chi connectivity index (χ4v) is 0.544. The van der Waals surface area contributed by atoms with E-state index in [1.165, 1.54) is 0 Å². The second-order valence-corrected chi connectivity index (χ2v) is 3.20. The van der Waals surface area contributed by atoms with E-state index in [2.05, 4.69) is 4.74 Å². The molecule has 0 saturated carbocycles. The summed E-state index contributed by atoms with van der Waals surface area (Å²) in [6.45, 7) is -2.60. The topological polar surface area (TPSA) is 9.23 Å². The number of ether oxygens (including phenoxy) is 1. The van der Waals surface area contributed by atoms with Crippen LogP contribution >= 0.6 is 0 Å². The van der Waals surface area contributed by atoms with Gasteiger partial charge in [-0.15, -0.1) is 0 Å². The van der Waals surface area contributed by atoms with Gasteiger partial charge in [0.25, 0.3) is 6.17 Å². The van der Waals surface area contributed by atoms with Crippen LogP contribution in [-0.4, -0.2) is 37.2 Å². The Kier molecular flexibility index (Phi) is 4.71. The molecule has 0 N–H and O–H groups in total. The van der Waals surface area contributed by atoms with Gasteiger partial charge in [-0.2, -0.15) is 22.0 Å². The zero-order valence-corrected chi connectivity index (χ0v) is 8.17. The molecule has 0 heterocycles. The molecule has 0 aromatic rings. The SMILES string of the molecule is CC(F)(F)C(F)(F)COC(F)C(F)C(F)(F)F. The van der Waals surface area contributed by atoms with Gasteiger partial charge >= 0.3 is 18.0 Å². The van der Waals surface area contributed by atoms with Gasteiger partial charge in [-0.3, -0.25) is 0 Å². The van der Waals surface area contributed by atoms with Gasteiger partial charge in [0.05, 0.1) is 0 Å². The molecule has 0 bridgehead atoms. The van der Waals surface area contributed by atoms with Crippen LogP contribution in [0.5, 0.6) is 0 Å². The molecule has 0 spiro atoms. The van der Waals surface area contributed by atoms with E-state index in [0.29, 0.717) is 0 Å². The van der Waals surface area contributed by atoms with E-state index in [-0.39, 0.29) is 6.92 Å². The lowest BCUT2D eigenvalue weighted by Crippen LogP contribution is -2.44. The minimum Gasteiger partial charge on any atom is -0.339 e. The fraction of sp³-hybridized carbons (Fsp3) is 1.00.